The molecule has 0 unspecified atom stereocenters. The molecular formula is C17H23ClN2O. The third kappa shape index (κ3) is 3.66. The highest BCUT2D eigenvalue weighted by Gasteiger charge is 2.31. The minimum Gasteiger partial charge on any atom is -0.338 e. The first-order valence-corrected chi connectivity index (χ1v) is 7.53. The Hall–Kier alpha value is -1.32. The summed E-state index contributed by atoms with van der Waals surface area (Å²) in [6.45, 7) is 1.58. The van der Waals surface area contributed by atoms with Crippen molar-refractivity contribution in [3.05, 3.63) is 42.0 Å². The highest BCUT2D eigenvalue weighted by atomic mass is 35.5. The molecule has 1 aliphatic carbocycles. The summed E-state index contributed by atoms with van der Waals surface area (Å²) in [5, 5.41) is 0. The van der Waals surface area contributed by atoms with Crippen molar-refractivity contribution in [3.8, 4) is 0 Å². The van der Waals surface area contributed by atoms with Crippen LogP contribution in [0.15, 0.2) is 36.4 Å². The van der Waals surface area contributed by atoms with E-state index in [-0.39, 0.29) is 24.4 Å². The molecular weight excluding hydrogens is 284 g/mol. The van der Waals surface area contributed by atoms with Crippen LogP contribution in [0.4, 0.5) is 0 Å². The Kier molecular flexibility index (Phi) is 5.43. The first-order valence-electron chi connectivity index (χ1n) is 7.53. The van der Waals surface area contributed by atoms with E-state index in [4.69, 9.17) is 5.73 Å². The van der Waals surface area contributed by atoms with Gasteiger partial charge in [-0.3, -0.25) is 4.79 Å². The van der Waals surface area contributed by atoms with E-state index in [1.165, 1.54) is 11.1 Å². The molecule has 1 aliphatic heterocycles. The second-order valence-electron chi connectivity index (χ2n) is 5.90. The largest absolute Gasteiger partial charge is 0.338 e. The van der Waals surface area contributed by atoms with Crippen molar-refractivity contribution in [1.82, 2.24) is 4.90 Å². The summed E-state index contributed by atoms with van der Waals surface area (Å²) >= 11 is 0. The Balaban J connectivity index is 0.00000161. The van der Waals surface area contributed by atoms with Crippen LogP contribution in [-0.2, 0) is 4.79 Å². The van der Waals surface area contributed by atoms with E-state index >= 15 is 0 Å². The summed E-state index contributed by atoms with van der Waals surface area (Å²) < 4.78 is 0. The van der Waals surface area contributed by atoms with Crippen LogP contribution in [0.2, 0.25) is 0 Å². The van der Waals surface area contributed by atoms with Gasteiger partial charge in [-0.25, -0.2) is 0 Å². The lowest BCUT2D eigenvalue weighted by Crippen LogP contribution is -2.38. The molecule has 2 N–H and O–H groups in total. The van der Waals surface area contributed by atoms with Crippen LogP contribution in [-0.4, -0.2) is 29.9 Å². The third-order valence-electron chi connectivity index (χ3n) is 4.49. The second-order valence-corrected chi connectivity index (χ2v) is 5.90. The van der Waals surface area contributed by atoms with Crippen LogP contribution >= 0.6 is 12.4 Å². The molecule has 0 radical (unpaired) electrons. The average Bonchev–Trinajstić information content (AvgIpc) is 2.94. The number of amides is 1. The van der Waals surface area contributed by atoms with Crippen LogP contribution in [0.25, 0.3) is 5.57 Å². The maximum absolute atomic E-state index is 12.4. The molecule has 1 fully saturated rings. The summed E-state index contributed by atoms with van der Waals surface area (Å²) in [6, 6.07) is 10.7. The van der Waals surface area contributed by atoms with Crippen molar-refractivity contribution >= 4 is 23.9 Å². The highest BCUT2D eigenvalue weighted by molar-refractivity contribution is 5.85. The molecule has 0 saturated heterocycles. The first kappa shape index (κ1) is 16.1. The zero-order chi connectivity index (χ0) is 13.9. The van der Waals surface area contributed by atoms with E-state index in [9.17, 15) is 4.79 Å². The molecule has 0 bridgehead atoms. The molecule has 4 heteroatoms. The zero-order valence-corrected chi connectivity index (χ0v) is 13.0. The minimum atomic E-state index is 0. The molecule has 3 rings (SSSR count). The number of carbonyl (C=O) groups excluding carboxylic acids is 1. The van der Waals surface area contributed by atoms with Gasteiger partial charge in [-0.2, -0.15) is 0 Å². The summed E-state index contributed by atoms with van der Waals surface area (Å²) in [5.41, 5.74) is 8.55. The standard InChI is InChI=1S/C17H22N2O.ClH/c18-16-7-6-15(12-16)17(20)19-10-8-14(9-11-19)13-4-2-1-3-5-13;/h1-5,8,15-16H,6-7,9-12,18H2;1H/t15-,16+;/m0./s1. The topological polar surface area (TPSA) is 46.3 Å². The molecule has 21 heavy (non-hydrogen) atoms. The SMILES string of the molecule is Cl.N[C@@H]1CC[C@H](C(=O)N2CC=C(c3ccccc3)CC2)C1. The van der Waals surface area contributed by atoms with Gasteiger partial charge in [0.1, 0.15) is 0 Å². The summed E-state index contributed by atoms with van der Waals surface area (Å²) in [5.74, 6) is 0.470. The molecule has 114 valence electrons. The van der Waals surface area contributed by atoms with Crippen molar-refractivity contribution < 1.29 is 4.79 Å². The van der Waals surface area contributed by atoms with Gasteiger partial charge in [-0.1, -0.05) is 36.4 Å². The van der Waals surface area contributed by atoms with Crippen molar-refractivity contribution in [3.63, 3.8) is 0 Å². The maximum Gasteiger partial charge on any atom is 0.226 e. The number of nitrogens with two attached hydrogens (primary N) is 1. The fourth-order valence-electron chi connectivity index (χ4n) is 3.28. The molecule has 1 heterocycles. The fraction of sp³-hybridized carbons (Fsp3) is 0.471. The van der Waals surface area contributed by atoms with E-state index in [1.807, 2.05) is 11.0 Å². The van der Waals surface area contributed by atoms with E-state index in [0.29, 0.717) is 5.91 Å². The monoisotopic (exact) mass is 306 g/mol. The summed E-state index contributed by atoms with van der Waals surface area (Å²) in [7, 11) is 0. The van der Waals surface area contributed by atoms with Gasteiger partial charge in [-0.15, -0.1) is 12.4 Å². The molecule has 3 nitrogen and oxygen atoms in total. The number of rotatable bonds is 2. The van der Waals surface area contributed by atoms with Gasteiger partial charge < -0.3 is 10.6 Å². The van der Waals surface area contributed by atoms with Crippen molar-refractivity contribution in [2.75, 3.05) is 13.1 Å². The predicted octanol–water partition coefficient (Wildman–Crippen LogP) is 2.85. The number of benzene rings is 1. The Morgan fingerprint density at radius 3 is 2.52 bits per heavy atom. The van der Waals surface area contributed by atoms with E-state index in [0.717, 1.165) is 38.8 Å². The lowest BCUT2D eigenvalue weighted by Gasteiger charge is -2.29. The Morgan fingerprint density at radius 2 is 1.95 bits per heavy atom. The number of nitrogens with zero attached hydrogens (tertiary/aromatic N) is 1. The lowest BCUT2D eigenvalue weighted by molar-refractivity contribution is -0.134. The van der Waals surface area contributed by atoms with Crippen LogP contribution < -0.4 is 5.73 Å². The molecule has 0 spiro atoms. The van der Waals surface area contributed by atoms with Gasteiger partial charge in [0, 0.05) is 25.0 Å². The lowest BCUT2D eigenvalue weighted by atomic mass is 9.98. The average molecular weight is 307 g/mol. The third-order valence-corrected chi connectivity index (χ3v) is 4.49. The Morgan fingerprint density at radius 1 is 1.19 bits per heavy atom. The number of halogens is 1. The van der Waals surface area contributed by atoms with Gasteiger partial charge in [0.25, 0.3) is 0 Å². The van der Waals surface area contributed by atoms with E-state index in [1.54, 1.807) is 0 Å². The quantitative estimate of drug-likeness (QED) is 0.913. The number of hydrogen-bond acceptors (Lipinski definition) is 2. The van der Waals surface area contributed by atoms with Crippen LogP contribution in [0.1, 0.15) is 31.2 Å². The minimum absolute atomic E-state index is 0. The smallest absolute Gasteiger partial charge is 0.226 e. The van der Waals surface area contributed by atoms with Gasteiger partial charge in [0.05, 0.1) is 0 Å². The van der Waals surface area contributed by atoms with Crippen molar-refractivity contribution in [1.29, 1.82) is 0 Å². The molecule has 2 aliphatic rings. The van der Waals surface area contributed by atoms with Gasteiger partial charge >= 0.3 is 0 Å². The number of hydrogen-bond donors (Lipinski definition) is 1. The predicted molar refractivity (Wildman–Crippen MR) is 88.2 cm³/mol. The molecule has 2 atom stereocenters. The molecule has 1 aromatic carbocycles. The first-order chi connectivity index (χ1) is 9.74. The summed E-state index contributed by atoms with van der Waals surface area (Å²) in [6.07, 6.45) is 5.98. The highest BCUT2D eigenvalue weighted by Crippen LogP contribution is 2.28. The van der Waals surface area contributed by atoms with Crippen molar-refractivity contribution in [2.24, 2.45) is 11.7 Å². The zero-order valence-electron chi connectivity index (χ0n) is 12.2. The van der Waals surface area contributed by atoms with Gasteiger partial charge in [0.15, 0.2) is 0 Å². The van der Waals surface area contributed by atoms with E-state index < -0.39 is 0 Å². The molecule has 1 amide bonds. The fourth-order valence-corrected chi connectivity index (χ4v) is 3.28. The second kappa shape index (κ2) is 7.10. The van der Waals surface area contributed by atoms with Crippen LogP contribution in [0.5, 0.6) is 0 Å². The van der Waals surface area contributed by atoms with Crippen LogP contribution in [0, 0.1) is 5.92 Å². The molecule has 0 aromatic heterocycles. The van der Waals surface area contributed by atoms with E-state index in [2.05, 4.69) is 30.3 Å². The number of carbonyl (C=O) groups is 1. The van der Waals surface area contributed by atoms with Gasteiger partial charge in [0.2, 0.25) is 5.91 Å². The molecule has 1 saturated carbocycles. The van der Waals surface area contributed by atoms with Crippen LogP contribution in [0.3, 0.4) is 0 Å². The molecule has 1 aromatic rings. The van der Waals surface area contributed by atoms with Gasteiger partial charge in [-0.05, 0) is 36.8 Å². The maximum atomic E-state index is 12.4. The Labute approximate surface area is 132 Å². The normalized spacial score (nSPS) is 25.2. The Bertz CT molecular complexity index is 515. The summed E-state index contributed by atoms with van der Waals surface area (Å²) in [4.78, 5) is 14.4. The van der Waals surface area contributed by atoms with Crippen molar-refractivity contribution in [2.45, 2.75) is 31.7 Å².